The average molecular weight is 477 g/mol. The second-order valence-corrected chi connectivity index (χ2v) is 9.33. The third-order valence-electron chi connectivity index (χ3n) is 5.14. The van der Waals surface area contributed by atoms with Crippen LogP contribution in [-0.4, -0.2) is 58.0 Å². The van der Waals surface area contributed by atoms with E-state index in [1.165, 1.54) is 35.2 Å². The normalized spacial score (nSPS) is 11.3. The smallest absolute Gasteiger partial charge is 0.338 e. The van der Waals surface area contributed by atoms with Gasteiger partial charge in [-0.2, -0.15) is 4.31 Å². The van der Waals surface area contributed by atoms with Gasteiger partial charge >= 0.3 is 5.97 Å². The van der Waals surface area contributed by atoms with Crippen LogP contribution in [0, 0.1) is 6.92 Å². The molecule has 0 bridgehead atoms. The molecule has 9 heteroatoms. The molecule has 0 radical (unpaired) electrons. The number of hydrogen-bond donors (Lipinski definition) is 1. The Hall–Kier alpha value is -2.91. The summed E-state index contributed by atoms with van der Waals surface area (Å²) in [6.07, 6.45) is 0.962. The fourth-order valence-electron chi connectivity index (χ4n) is 3.23. The zero-order chi connectivity index (χ0) is 24.4. The summed E-state index contributed by atoms with van der Waals surface area (Å²) in [7, 11) is -2.45. The molecule has 2 rings (SSSR count). The van der Waals surface area contributed by atoms with Gasteiger partial charge in [0.1, 0.15) is 17.3 Å². The van der Waals surface area contributed by atoms with E-state index in [-0.39, 0.29) is 35.3 Å². The zero-order valence-corrected chi connectivity index (χ0v) is 20.4. The molecule has 1 N–H and O–H groups in total. The average Bonchev–Trinajstić information content (AvgIpc) is 2.81. The second kappa shape index (κ2) is 12.4. The monoisotopic (exact) mass is 476 g/mol. The molecule has 2 aromatic rings. The lowest BCUT2D eigenvalue weighted by Gasteiger charge is -2.20. The summed E-state index contributed by atoms with van der Waals surface area (Å²) in [5.41, 5.74) is 2.34. The van der Waals surface area contributed by atoms with Gasteiger partial charge in [0, 0.05) is 19.5 Å². The van der Waals surface area contributed by atoms with Crippen LogP contribution in [0.25, 0.3) is 0 Å². The van der Waals surface area contributed by atoms with Gasteiger partial charge in [0.15, 0.2) is 0 Å². The van der Waals surface area contributed by atoms with Crippen LogP contribution in [0.5, 0.6) is 5.75 Å². The summed E-state index contributed by atoms with van der Waals surface area (Å²) in [6.45, 7) is 6.20. The minimum Gasteiger partial charge on any atom is -0.495 e. The maximum absolute atomic E-state index is 12.9. The van der Waals surface area contributed by atoms with Crippen LogP contribution in [0.15, 0.2) is 47.4 Å². The lowest BCUT2D eigenvalue weighted by molar-refractivity contribution is -0.121. The molecular weight excluding hydrogens is 444 g/mol. The van der Waals surface area contributed by atoms with E-state index >= 15 is 0 Å². The minimum atomic E-state index is -3.82. The van der Waals surface area contributed by atoms with Crippen molar-refractivity contribution in [3.63, 3.8) is 0 Å². The highest BCUT2D eigenvalue weighted by Gasteiger charge is 2.27. The van der Waals surface area contributed by atoms with Crippen LogP contribution in [0.1, 0.15) is 41.8 Å². The van der Waals surface area contributed by atoms with Gasteiger partial charge in [0.25, 0.3) is 0 Å². The standard InChI is InChI=1S/C24H32N2O6S/c1-5-26(6-2)33(29,30)22-17-20(12-13-21(22)31-4)24(28)32-16-15-25-23(27)14-11-19-9-7-18(3)8-10-19/h7-10,12-13,17H,5-6,11,14-16H2,1-4H3,(H,25,27). The zero-order valence-electron chi connectivity index (χ0n) is 19.6. The maximum atomic E-state index is 12.9. The molecule has 0 aliphatic rings. The van der Waals surface area contributed by atoms with Gasteiger partial charge in [-0.05, 0) is 37.1 Å². The molecule has 0 aromatic heterocycles. The van der Waals surface area contributed by atoms with Crippen molar-refractivity contribution in [3.8, 4) is 5.75 Å². The highest BCUT2D eigenvalue weighted by atomic mass is 32.2. The number of carbonyl (C=O) groups excluding carboxylic acids is 2. The van der Waals surface area contributed by atoms with E-state index in [1.807, 2.05) is 31.2 Å². The Morgan fingerprint density at radius 3 is 2.30 bits per heavy atom. The van der Waals surface area contributed by atoms with Crippen molar-refractivity contribution in [3.05, 3.63) is 59.2 Å². The molecule has 0 spiro atoms. The third-order valence-corrected chi connectivity index (χ3v) is 7.21. The van der Waals surface area contributed by atoms with E-state index in [0.717, 1.165) is 5.56 Å². The first-order chi connectivity index (χ1) is 15.7. The predicted molar refractivity (Wildman–Crippen MR) is 126 cm³/mol. The van der Waals surface area contributed by atoms with E-state index in [0.29, 0.717) is 25.9 Å². The number of sulfonamides is 1. The van der Waals surface area contributed by atoms with Crippen LogP contribution in [0.4, 0.5) is 0 Å². The molecule has 0 fully saturated rings. The fraction of sp³-hybridized carbons (Fsp3) is 0.417. The Morgan fingerprint density at radius 2 is 1.70 bits per heavy atom. The molecule has 2 aromatic carbocycles. The number of nitrogens with one attached hydrogen (secondary N) is 1. The van der Waals surface area contributed by atoms with Crippen molar-refractivity contribution in [2.75, 3.05) is 33.4 Å². The number of benzene rings is 2. The van der Waals surface area contributed by atoms with Gasteiger partial charge in [0.05, 0.1) is 19.2 Å². The molecule has 0 unspecified atom stereocenters. The number of esters is 1. The Balaban J connectivity index is 1.91. The van der Waals surface area contributed by atoms with Gasteiger partial charge in [-0.3, -0.25) is 4.79 Å². The largest absolute Gasteiger partial charge is 0.495 e. The van der Waals surface area contributed by atoms with Crippen LogP contribution in [0.2, 0.25) is 0 Å². The molecule has 0 aliphatic heterocycles. The molecule has 180 valence electrons. The quantitative estimate of drug-likeness (QED) is 0.373. The van der Waals surface area contributed by atoms with Crippen molar-refractivity contribution >= 4 is 21.9 Å². The van der Waals surface area contributed by atoms with Gasteiger partial charge in [-0.1, -0.05) is 43.7 Å². The first kappa shape index (κ1) is 26.3. The molecule has 0 heterocycles. The van der Waals surface area contributed by atoms with Crippen molar-refractivity contribution in [1.29, 1.82) is 0 Å². The van der Waals surface area contributed by atoms with Gasteiger partial charge < -0.3 is 14.8 Å². The van der Waals surface area contributed by atoms with Crippen LogP contribution in [0.3, 0.4) is 0 Å². The summed E-state index contributed by atoms with van der Waals surface area (Å²) in [6, 6.07) is 12.1. The number of aryl methyl sites for hydroxylation is 2. The van der Waals surface area contributed by atoms with Gasteiger partial charge in [0.2, 0.25) is 15.9 Å². The van der Waals surface area contributed by atoms with E-state index in [9.17, 15) is 18.0 Å². The Bertz CT molecular complexity index is 1050. The van der Waals surface area contributed by atoms with E-state index in [2.05, 4.69) is 5.32 Å². The number of nitrogens with zero attached hydrogens (tertiary/aromatic N) is 1. The molecule has 1 amide bonds. The third kappa shape index (κ3) is 7.30. The summed E-state index contributed by atoms with van der Waals surface area (Å²) in [5.74, 6) is -0.662. The van der Waals surface area contributed by atoms with Crippen LogP contribution in [-0.2, 0) is 26.0 Å². The molecule has 8 nitrogen and oxygen atoms in total. The molecule has 0 saturated carbocycles. The molecule has 33 heavy (non-hydrogen) atoms. The lowest BCUT2D eigenvalue weighted by atomic mass is 10.1. The number of methoxy groups -OCH3 is 1. The van der Waals surface area contributed by atoms with Crippen molar-refractivity contribution in [1.82, 2.24) is 9.62 Å². The van der Waals surface area contributed by atoms with E-state index in [1.54, 1.807) is 13.8 Å². The highest BCUT2D eigenvalue weighted by molar-refractivity contribution is 7.89. The number of carbonyl (C=O) groups is 2. The summed E-state index contributed by atoms with van der Waals surface area (Å²) < 4.78 is 37.5. The summed E-state index contributed by atoms with van der Waals surface area (Å²) >= 11 is 0. The van der Waals surface area contributed by atoms with Crippen molar-refractivity contribution in [2.24, 2.45) is 0 Å². The second-order valence-electron chi connectivity index (χ2n) is 7.43. The van der Waals surface area contributed by atoms with Gasteiger partial charge in [-0.15, -0.1) is 0 Å². The summed E-state index contributed by atoms with van der Waals surface area (Å²) in [5, 5.41) is 2.72. The van der Waals surface area contributed by atoms with Crippen LogP contribution >= 0.6 is 0 Å². The number of amides is 1. The van der Waals surface area contributed by atoms with Crippen molar-refractivity contribution < 1.29 is 27.5 Å². The molecule has 0 atom stereocenters. The first-order valence-corrected chi connectivity index (χ1v) is 12.3. The molecular formula is C24H32N2O6S. The SMILES string of the molecule is CCN(CC)S(=O)(=O)c1cc(C(=O)OCCNC(=O)CCc2ccc(C)cc2)ccc1OC. The number of ether oxygens (including phenoxy) is 2. The van der Waals surface area contributed by atoms with Gasteiger partial charge in [-0.25, -0.2) is 13.2 Å². The number of rotatable bonds is 12. The predicted octanol–water partition coefficient (Wildman–Crippen LogP) is 2.94. The lowest BCUT2D eigenvalue weighted by Crippen LogP contribution is -2.31. The number of hydrogen-bond acceptors (Lipinski definition) is 6. The first-order valence-electron chi connectivity index (χ1n) is 10.9. The topological polar surface area (TPSA) is 102 Å². The van der Waals surface area contributed by atoms with Crippen LogP contribution < -0.4 is 10.1 Å². The Morgan fingerprint density at radius 1 is 1.03 bits per heavy atom. The highest BCUT2D eigenvalue weighted by Crippen LogP contribution is 2.28. The van der Waals surface area contributed by atoms with E-state index in [4.69, 9.17) is 9.47 Å². The Labute approximate surface area is 195 Å². The molecule has 0 saturated heterocycles. The molecule has 0 aliphatic carbocycles. The Kier molecular flexibility index (Phi) is 9.87. The maximum Gasteiger partial charge on any atom is 0.338 e. The van der Waals surface area contributed by atoms with E-state index < -0.39 is 16.0 Å². The minimum absolute atomic E-state index is 0.0285. The fourth-order valence-corrected chi connectivity index (χ4v) is 4.87. The summed E-state index contributed by atoms with van der Waals surface area (Å²) in [4.78, 5) is 24.3. The van der Waals surface area contributed by atoms with Crippen molar-refractivity contribution in [2.45, 2.75) is 38.5 Å².